The average molecular weight is 96.1 g/mol. The molecule has 3 heteroatoms. The fourth-order valence-corrected chi connectivity index (χ4v) is 0. The second kappa shape index (κ2) is 5.34. The number of carboxylic acids is 1. The Balaban J connectivity index is 0. The zero-order valence-electron chi connectivity index (χ0n) is 3.93. The minimum Gasteiger partial charge on any atom is -0.503 e. The molecule has 1 N–H and O–H groups in total. The molecule has 0 bridgehead atoms. The van der Waals surface area contributed by atoms with E-state index >= 15 is 0 Å². The van der Waals surface area contributed by atoms with Crippen molar-refractivity contribution in [1.29, 1.82) is 0 Å². The Morgan fingerprint density at radius 1 is 1.83 bits per heavy atom. The number of hydrogen-bond acceptors (Lipinski definition) is 1. The van der Waals surface area contributed by atoms with Crippen molar-refractivity contribution in [3.63, 3.8) is 0 Å². The Bertz CT molecular complexity index is 44.1. The van der Waals surface area contributed by atoms with E-state index in [0.717, 1.165) is 6.42 Å². The van der Waals surface area contributed by atoms with Crippen LogP contribution in [0.15, 0.2) is 0 Å². The minimum atomic E-state index is -0.870. The van der Waals surface area contributed by atoms with E-state index in [2.05, 4.69) is 0 Å². The molecule has 0 amide bonds. The molecule has 2 nitrogen and oxygen atoms in total. The summed E-state index contributed by atoms with van der Waals surface area (Å²) in [6.45, 7) is 1.47. The van der Waals surface area contributed by atoms with E-state index in [1.165, 1.54) is 6.92 Å². The van der Waals surface area contributed by atoms with Crippen molar-refractivity contribution in [2.24, 2.45) is 0 Å². The van der Waals surface area contributed by atoms with Gasteiger partial charge in [0.25, 0.3) is 0 Å². The normalized spacial score (nSPS) is 5.50. The first-order valence-corrected chi connectivity index (χ1v) is 1.29. The van der Waals surface area contributed by atoms with E-state index in [4.69, 9.17) is 5.11 Å². The van der Waals surface area contributed by atoms with Crippen LogP contribution in [0.4, 0.5) is 0 Å². The van der Waals surface area contributed by atoms with Crippen LogP contribution in [0.25, 0.3) is 0 Å². The van der Waals surface area contributed by atoms with Gasteiger partial charge in [0.15, 0.2) is 5.97 Å². The zero-order chi connectivity index (χ0) is 4.28. The van der Waals surface area contributed by atoms with Crippen LogP contribution >= 0.6 is 0 Å². The molecule has 0 unspecified atom stereocenters. The zero-order valence-corrected chi connectivity index (χ0v) is 5.93. The fourth-order valence-electron chi connectivity index (χ4n) is 0. The molecule has 0 aliphatic heterocycles. The Labute approximate surface area is 58.8 Å². The molecule has 0 saturated carbocycles. The Morgan fingerprint density at radius 2 is 2.00 bits per heavy atom. The maximum atomic E-state index is 9.31. The first kappa shape index (κ1) is 9.60. The van der Waals surface area contributed by atoms with E-state index < -0.39 is 5.97 Å². The van der Waals surface area contributed by atoms with E-state index in [1.54, 1.807) is 0 Å². The van der Waals surface area contributed by atoms with E-state index in [-0.39, 0.29) is 29.6 Å². The molecule has 0 spiro atoms. The van der Waals surface area contributed by atoms with Gasteiger partial charge in [-0.2, -0.15) is 6.92 Å². The molecule has 0 aliphatic rings. The molecule has 0 fully saturated rings. The topological polar surface area (TPSA) is 37.3 Å². The van der Waals surface area contributed by atoms with Gasteiger partial charge in [-0.3, -0.25) is 11.2 Å². The van der Waals surface area contributed by atoms with Crippen molar-refractivity contribution < 1.29 is 39.5 Å². The Kier molecular flexibility index (Phi) is 8.54. The van der Waals surface area contributed by atoms with Crippen LogP contribution in [0.1, 0.15) is 6.92 Å². The largest absolute Gasteiger partial charge is 1.00 e. The molecule has 0 aromatic carbocycles. The monoisotopic (exact) mass is 96.0 g/mol. The number of carboxylic acid groups (broad SMARTS) is 1. The molecule has 0 rings (SSSR count). The van der Waals surface area contributed by atoms with Gasteiger partial charge in [0, 0.05) is 0 Å². The molecule has 0 atom stereocenters. The van der Waals surface area contributed by atoms with Crippen LogP contribution in [0.3, 0.4) is 0 Å². The van der Waals surface area contributed by atoms with Gasteiger partial charge < -0.3 is 5.11 Å². The van der Waals surface area contributed by atoms with E-state index in [0.29, 0.717) is 0 Å². The molecule has 30 valence electrons. The van der Waals surface area contributed by atoms with Crippen molar-refractivity contribution in [2.75, 3.05) is 0 Å². The summed E-state index contributed by atoms with van der Waals surface area (Å²) < 4.78 is 0. The number of aliphatic carboxylic acids is 1. The predicted octanol–water partition coefficient (Wildman–Crippen LogP) is -2.70. The van der Waals surface area contributed by atoms with Crippen LogP contribution < -0.4 is 29.6 Å². The summed E-state index contributed by atoms with van der Waals surface area (Å²) in [7, 11) is 0. The Hall–Kier alpha value is 0.340. The van der Waals surface area contributed by atoms with Crippen LogP contribution in [-0.2, 0) is 4.79 Å². The summed E-state index contributed by atoms with van der Waals surface area (Å²) in [5.74, 6) is -0.870. The van der Waals surface area contributed by atoms with Gasteiger partial charge in [0.2, 0.25) is 0 Å². The summed E-state index contributed by atoms with van der Waals surface area (Å²) in [4.78, 5) is 9.31. The fraction of sp³-hybridized carbons (Fsp3) is 0.333. The van der Waals surface area contributed by atoms with Crippen molar-refractivity contribution in [3.8, 4) is 0 Å². The summed E-state index contributed by atoms with van der Waals surface area (Å²) in [5, 5.41) is 7.67. The first-order valence-electron chi connectivity index (χ1n) is 1.29. The molecular formula is C3H5NaO2. The SMILES string of the molecule is C[CH-]C(=O)O.[Na+]. The van der Waals surface area contributed by atoms with Crippen molar-refractivity contribution in [1.82, 2.24) is 0 Å². The molecule has 0 radical (unpaired) electrons. The van der Waals surface area contributed by atoms with Crippen molar-refractivity contribution in [3.05, 3.63) is 6.42 Å². The van der Waals surface area contributed by atoms with Gasteiger partial charge in [0.05, 0.1) is 0 Å². The number of rotatable bonds is 1. The van der Waals surface area contributed by atoms with Crippen LogP contribution in [0.5, 0.6) is 0 Å². The van der Waals surface area contributed by atoms with Crippen LogP contribution in [-0.4, -0.2) is 11.1 Å². The van der Waals surface area contributed by atoms with Gasteiger partial charge in [-0.15, -0.1) is 0 Å². The summed E-state index contributed by atoms with van der Waals surface area (Å²) in [6.07, 6.45) is 1.08. The summed E-state index contributed by atoms with van der Waals surface area (Å²) in [6, 6.07) is 0. The Morgan fingerprint density at radius 3 is 2.00 bits per heavy atom. The molecule has 0 aliphatic carbocycles. The second-order valence-electron chi connectivity index (χ2n) is 0.627. The smallest absolute Gasteiger partial charge is 0.503 e. The third-order valence-corrected chi connectivity index (χ3v) is 0.247. The summed E-state index contributed by atoms with van der Waals surface area (Å²) >= 11 is 0. The maximum absolute atomic E-state index is 9.31. The molecule has 0 saturated heterocycles. The van der Waals surface area contributed by atoms with Crippen LogP contribution in [0, 0.1) is 6.42 Å². The third-order valence-electron chi connectivity index (χ3n) is 0.247. The van der Waals surface area contributed by atoms with Crippen LogP contribution in [0.2, 0.25) is 0 Å². The molecular weight excluding hydrogens is 91.0 g/mol. The minimum absolute atomic E-state index is 0. The van der Waals surface area contributed by atoms with Gasteiger partial charge in [0.1, 0.15) is 0 Å². The predicted molar refractivity (Wildman–Crippen MR) is 17.6 cm³/mol. The molecule has 0 aromatic heterocycles. The summed E-state index contributed by atoms with van der Waals surface area (Å²) in [5.41, 5.74) is 0. The molecule has 6 heavy (non-hydrogen) atoms. The molecule has 0 heterocycles. The van der Waals surface area contributed by atoms with Gasteiger partial charge >= 0.3 is 29.6 Å². The van der Waals surface area contributed by atoms with E-state index in [1.807, 2.05) is 0 Å². The van der Waals surface area contributed by atoms with Gasteiger partial charge in [-0.25, -0.2) is 0 Å². The quantitative estimate of drug-likeness (QED) is 0.285. The second-order valence-corrected chi connectivity index (χ2v) is 0.627. The van der Waals surface area contributed by atoms with Gasteiger partial charge in [-0.1, -0.05) is 0 Å². The van der Waals surface area contributed by atoms with Gasteiger partial charge in [-0.05, 0) is 0 Å². The molecule has 0 aromatic rings. The van der Waals surface area contributed by atoms with Crippen molar-refractivity contribution >= 4 is 5.97 Å². The first-order chi connectivity index (χ1) is 2.27. The average Bonchev–Trinajstić information content (AvgIpc) is 1.38. The number of hydrogen-bond donors (Lipinski definition) is 1. The maximum Gasteiger partial charge on any atom is 1.00 e. The van der Waals surface area contributed by atoms with Crippen molar-refractivity contribution in [2.45, 2.75) is 6.92 Å². The third kappa shape index (κ3) is 8.84. The standard InChI is InChI=1S/C3H5O2.Na/c1-2-3(4)5;/h2H,1H3,(H,4,5);/q-1;+1. The van der Waals surface area contributed by atoms with E-state index in [9.17, 15) is 4.79 Å². The number of carbonyl (C=O) groups is 1.